The maximum Gasteiger partial charge on any atom is 0.273 e. The number of anilines is 1. The van der Waals surface area contributed by atoms with E-state index in [4.69, 9.17) is 0 Å². The topological polar surface area (TPSA) is 105 Å². The van der Waals surface area contributed by atoms with Crippen molar-refractivity contribution in [3.8, 4) is 0 Å². The number of fused-ring (bicyclic) bond motifs is 1. The van der Waals surface area contributed by atoms with Crippen LogP contribution in [0.4, 0.5) is 5.69 Å². The van der Waals surface area contributed by atoms with Gasteiger partial charge < -0.3 is 5.32 Å². The van der Waals surface area contributed by atoms with E-state index in [1.54, 1.807) is 54.6 Å². The number of rotatable bonds is 4. The maximum absolute atomic E-state index is 12.7. The lowest BCUT2D eigenvalue weighted by Crippen LogP contribution is -2.35. The molecule has 31 heavy (non-hydrogen) atoms. The summed E-state index contributed by atoms with van der Waals surface area (Å²) in [5, 5.41) is 6.60. The van der Waals surface area contributed by atoms with Gasteiger partial charge in [-0.3, -0.25) is 19.2 Å². The Labute approximate surface area is 183 Å². The van der Waals surface area contributed by atoms with E-state index in [1.807, 2.05) is 0 Å². The van der Waals surface area contributed by atoms with Crippen LogP contribution in [0.3, 0.4) is 0 Å². The van der Waals surface area contributed by atoms with Crippen molar-refractivity contribution in [3.63, 3.8) is 0 Å². The quantitative estimate of drug-likeness (QED) is 0.442. The second kappa shape index (κ2) is 8.45. The van der Waals surface area contributed by atoms with Crippen molar-refractivity contribution in [2.24, 2.45) is 5.10 Å². The van der Waals surface area contributed by atoms with Gasteiger partial charge in [0.15, 0.2) is 5.36 Å². The lowest BCUT2D eigenvalue weighted by Gasteiger charge is -2.10. The van der Waals surface area contributed by atoms with Crippen LogP contribution in [0.5, 0.6) is 0 Å². The van der Waals surface area contributed by atoms with Gasteiger partial charge in [-0.15, -0.1) is 0 Å². The summed E-state index contributed by atoms with van der Waals surface area (Å²) in [5.74, 6) is -1.07. The summed E-state index contributed by atoms with van der Waals surface area (Å²) >= 11 is 3.31. The van der Waals surface area contributed by atoms with Crippen LogP contribution in [0.2, 0.25) is 0 Å². The van der Waals surface area contributed by atoms with Gasteiger partial charge in [-0.2, -0.15) is 5.10 Å². The van der Waals surface area contributed by atoms with Gasteiger partial charge in [0.05, 0.1) is 11.3 Å². The van der Waals surface area contributed by atoms with Gasteiger partial charge in [-0.05, 0) is 30.3 Å². The molecule has 0 aliphatic rings. The van der Waals surface area contributed by atoms with E-state index < -0.39 is 22.7 Å². The Balaban J connectivity index is 1.62. The second-order valence-electron chi connectivity index (χ2n) is 6.62. The predicted octanol–water partition coefficient (Wildman–Crippen LogP) is 2.70. The molecular formula is C23H14BrN3O4. The third kappa shape index (κ3) is 4.06. The van der Waals surface area contributed by atoms with Crippen molar-refractivity contribution < 1.29 is 9.59 Å². The monoisotopic (exact) mass is 475 g/mol. The molecular weight excluding hydrogens is 462 g/mol. The molecule has 4 aromatic carbocycles. The minimum absolute atomic E-state index is 0.130. The number of hydrogen-bond acceptors (Lipinski definition) is 5. The van der Waals surface area contributed by atoms with Gasteiger partial charge in [0, 0.05) is 20.8 Å². The average Bonchev–Trinajstić information content (AvgIpc) is 3.02. The molecule has 0 fully saturated rings. The fraction of sp³-hybridized carbons (Fsp3) is 0. The molecule has 7 nitrogen and oxygen atoms in total. The summed E-state index contributed by atoms with van der Waals surface area (Å²) in [6.45, 7) is 0. The molecule has 0 saturated heterocycles. The Morgan fingerprint density at radius 1 is 0.774 bits per heavy atom. The van der Waals surface area contributed by atoms with Crippen LogP contribution >= 0.6 is 15.9 Å². The number of para-hydroxylation sites is 1. The van der Waals surface area contributed by atoms with E-state index in [0.717, 1.165) is 4.47 Å². The Kier molecular flexibility index (Phi) is 5.55. The molecule has 4 aromatic rings. The Bertz CT molecular complexity index is 1440. The zero-order chi connectivity index (χ0) is 22.0. The minimum atomic E-state index is -0.672. The third-order valence-electron chi connectivity index (χ3n) is 4.62. The summed E-state index contributed by atoms with van der Waals surface area (Å²) in [4.78, 5) is 50.0. The van der Waals surface area contributed by atoms with Gasteiger partial charge >= 0.3 is 0 Å². The molecule has 2 amide bonds. The molecule has 0 spiro atoms. The first kappa shape index (κ1) is 20.4. The van der Waals surface area contributed by atoms with Gasteiger partial charge in [-0.1, -0.05) is 58.4 Å². The van der Waals surface area contributed by atoms with E-state index in [1.165, 1.54) is 18.2 Å². The van der Waals surface area contributed by atoms with E-state index >= 15 is 0 Å². The van der Waals surface area contributed by atoms with Crippen molar-refractivity contribution in [2.45, 2.75) is 0 Å². The van der Waals surface area contributed by atoms with Crippen molar-refractivity contribution in [3.05, 3.63) is 114 Å². The number of halogens is 1. The highest BCUT2D eigenvalue weighted by Gasteiger charge is 2.15. The van der Waals surface area contributed by atoms with Crippen LogP contribution < -0.4 is 27.0 Å². The standard InChI is InChI=1S/C23H14BrN3O4/c24-14-7-5-6-13(12-14)22(30)25-18-11-4-3-10-17(18)23(31)27-26-19-20(28)15-8-1-2-9-16(15)21(19)29/h1-12H,(H,25,30)(H,27,31). The van der Waals surface area contributed by atoms with Crippen LogP contribution in [0.15, 0.2) is 92.0 Å². The van der Waals surface area contributed by atoms with E-state index in [9.17, 15) is 19.2 Å². The van der Waals surface area contributed by atoms with Crippen LogP contribution in [0.25, 0.3) is 10.8 Å². The second-order valence-corrected chi connectivity index (χ2v) is 7.53. The number of carbonyl (C=O) groups excluding carboxylic acids is 2. The molecule has 0 aromatic heterocycles. The van der Waals surface area contributed by atoms with E-state index in [-0.39, 0.29) is 27.4 Å². The molecule has 4 rings (SSSR count). The fourth-order valence-corrected chi connectivity index (χ4v) is 3.52. The largest absolute Gasteiger partial charge is 0.321 e. The molecule has 0 radical (unpaired) electrons. The number of nitrogens with one attached hydrogen (secondary N) is 2. The molecule has 0 saturated carbocycles. The summed E-state index contributed by atoms with van der Waals surface area (Å²) in [6, 6.07) is 19.5. The van der Waals surface area contributed by atoms with Crippen molar-refractivity contribution >= 4 is 44.2 Å². The van der Waals surface area contributed by atoms with Gasteiger partial charge in [0.1, 0.15) is 0 Å². The fourth-order valence-electron chi connectivity index (χ4n) is 3.12. The normalized spacial score (nSPS) is 10.6. The van der Waals surface area contributed by atoms with Crippen LogP contribution in [0.1, 0.15) is 20.7 Å². The summed E-state index contributed by atoms with van der Waals surface area (Å²) < 4.78 is 0.744. The Hall–Kier alpha value is -3.91. The molecule has 0 bridgehead atoms. The van der Waals surface area contributed by atoms with Crippen LogP contribution in [-0.4, -0.2) is 11.8 Å². The number of amides is 2. The highest BCUT2D eigenvalue weighted by atomic mass is 79.9. The molecule has 0 aliphatic carbocycles. The van der Waals surface area contributed by atoms with Gasteiger partial charge in [-0.25, -0.2) is 5.43 Å². The highest BCUT2D eigenvalue weighted by molar-refractivity contribution is 9.10. The predicted molar refractivity (Wildman–Crippen MR) is 120 cm³/mol. The number of hydrogen-bond donors (Lipinski definition) is 2. The third-order valence-corrected chi connectivity index (χ3v) is 5.12. The first-order valence-electron chi connectivity index (χ1n) is 9.18. The molecule has 0 unspecified atom stereocenters. The smallest absolute Gasteiger partial charge is 0.273 e. The maximum atomic E-state index is 12.7. The van der Waals surface area contributed by atoms with Gasteiger partial charge in [0.25, 0.3) is 11.8 Å². The molecule has 8 heteroatoms. The van der Waals surface area contributed by atoms with Crippen LogP contribution in [0, 0.1) is 0 Å². The molecule has 0 aliphatic heterocycles. The number of benzene rings is 3. The van der Waals surface area contributed by atoms with E-state index in [0.29, 0.717) is 5.56 Å². The lowest BCUT2D eigenvalue weighted by molar-refractivity contribution is 0.0954. The number of carbonyl (C=O) groups is 2. The number of nitrogens with zero attached hydrogens (tertiary/aromatic N) is 1. The Morgan fingerprint density at radius 2 is 1.42 bits per heavy atom. The highest BCUT2D eigenvalue weighted by Crippen LogP contribution is 2.18. The zero-order valence-corrected chi connectivity index (χ0v) is 17.5. The molecule has 2 N–H and O–H groups in total. The minimum Gasteiger partial charge on any atom is -0.321 e. The molecule has 0 heterocycles. The first-order valence-corrected chi connectivity index (χ1v) is 9.97. The summed E-state index contributed by atoms with van der Waals surface area (Å²) in [7, 11) is 0. The molecule has 0 atom stereocenters. The van der Waals surface area contributed by atoms with Crippen LogP contribution in [-0.2, 0) is 0 Å². The summed E-state index contributed by atoms with van der Waals surface area (Å²) in [5.41, 5.74) is 1.96. The lowest BCUT2D eigenvalue weighted by atomic mass is 10.1. The van der Waals surface area contributed by atoms with E-state index in [2.05, 4.69) is 31.8 Å². The van der Waals surface area contributed by atoms with Crippen molar-refractivity contribution in [1.29, 1.82) is 0 Å². The van der Waals surface area contributed by atoms with Gasteiger partial charge in [0.2, 0.25) is 10.9 Å². The molecule has 152 valence electrons. The van der Waals surface area contributed by atoms with Crippen molar-refractivity contribution in [1.82, 2.24) is 5.43 Å². The first-order chi connectivity index (χ1) is 15.0. The zero-order valence-electron chi connectivity index (χ0n) is 15.9. The SMILES string of the molecule is O=C(Nc1ccccc1C(=O)NN=c1c(=O)c2ccccc2c1=O)c1cccc(Br)c1. The van der Waals surface area contributed by atoms with Crippen molar-refractivity contribution in [2.75, 3.05) is 5.32 Å². The average molecular weight is 476 g/mol. The Morgan fingerprint density at radius 3 is 2.10 bits per heavy atom. The summed E-state index contributed by atoms with van der Waals surface area (Å²) in [6.07, 6.45) is 0.